The molecule has 10 nitrogen and oxygen atoms in total. The molecule has 0 N–H and O–H groups in total. The van der Waals surface area contributed by atoms with Crippen LogP contribution in [0.5, 0.6) is 6.01 Å². The van der Waals surface area contributed by atoms with Gasteiger partial charge in [0.15, 0.2) is 11.9 Å². The van der Waals surface area contributed by atoms with E-state index >= 15 is 0 Å². The van der Waals surface area contributed by atoms with Crippen LogP contribution in [0.3, 0.4) is 0 Å². The Morgan fingerprint density at radius 2 is 1.86 bits per heavy atom. The van der Waals surface area contributed by atoms with E-state index in [1.54, 1.807) is 20.8 Å². The number of allylic oxidation sites excluding steroid dienone is 1. The Labute approximate surface area is 203 Å². The van der Waals surface area contributed by atoms with Gasteiger partial charge < -0.3 is 24.0 Å². The van der Waals surface area contributed by atoms with Crippen molar-refractivity contribution < 1.29 is 28.2 Å². The molecule has 0 aromatic carbocycles. The number of anilines is 1. The van der Waals surface area contributed by atoms with Crippen LogP contribution in [0, 0.1) is 11.8 Å². The number of carbonyl (C=O) groups excluding carboxylic acids is 2. The Morgan fingerprint density at radius 3 is 2.57 bits per heavy atom. The highest BCUT2D eigenvalue weighted by Crippen LogP contribution is 2.39. The van der Waals surface area contributed by atoms with E-state index in [-0.39, 0.29) is 30.4 Å². The molecule has 3 saturated heterocycles. The third kappa shape index (κ3) is 3.89. The number of fused-ring (bicyclic) bond motifs is 3. The predicted molar refractivity (Wildman–Crippen MR) is 122 cm³/mol. The monoisotopic (exact) mass is 487 g/mol. The maximum absolute atomic E-state index is 14.8. The second kappa shape index (κ2) is 8.04. The van der Waals surface area contributed by atoms with Crippen LogP contribution in [0.4, 0.5) is 15.0 Å². The summed E-state index contributed by atoms with van der Waals surface area (Å²) in [7, 11) is 0. The van der Waals surface area contributed by atoms with Crippen molar-refractivity contribution in [2.75, 3.05) is 44.3 Å². The Morgan fingerprint density at radius 1 is 1.11 bits per heavy atom. The summed E-state index contributed by atoms with van der Waals surface area (Å²) in [5.74, 6) is 0.902. The second-order valence-corrected chi connectivity index (χ2v) is 10.9. The summed E-state index contributed by atoms with van der Waals surface area (Å²) in [4.78, 5) is 40.3. The van der Waals surface area contributed by atoms with Crippen LogP contribution < -0.4 is 9.64 Å². The molecule has 0 aliphatic carbocycles. The van der Waals surface area contributed by atoms with E-state index < -0.39 is 23.8 Å². The fraction of sp³-hybridized carbons (Fsp3) is 0.667. The van der Waals surface area contributed by atoms with Crippen LogP contribution in [0.25, 0.3) is 0 Å². The highest BCUT2D eigenvalue weighted by molar-refractivity contribution is 6.09. The Balaban J connectivity index is 1.35. The molecule has 5 aliphatic heterocycles. The van der Waals surface area contributed by atoms with Gasteiger partial charge in [-0.15, -0.1) is 0 Å². The van der Waals surface area contributed by atoms with Crippen molar-refractivity contribution in [1.82, 2.24) is 19.8 Å². The zero-order valence-corrected chi connectivity index (χ0v) is 20.3. The summed E-state index contributed by atoms with van der Waals surface area (Å²) in [5, 5.41) is 0. The quantitative estimate of drug-likeness (QED) is 0.637. The topological polar surface area (TPSA) is 97.3 Å². The molecule has 5 aliphatic rings. The number of carbonyl (C=O) groups is 2. The van der Waals surface area contributed by atoms with Crippen molar-refractivity contribution in [2.45, 2.75) is 51.9 Å². The SMILES string of the molecule is CC(C)(C)OC(=O)N1Cc2nc(OC3=C4CCCN4C[C@@H]3F)nc(N3CC4COCC4C3)c2C1=O. The first-order chi connectivity index (χ1) is 16.7. The number of rotatable bonds is 3. The fourth-order valence-corrected chi connectivity index (χ4v) is 5.65. The van der Waals surface area contributed by atoms with Crippen LogP contribution >= 0.6 is 0 Å². The normalized spacial score (nSPS) is 27.6. The lowest BCUT2D eigenvalue weighted by Gasteiger charge is -2.23. The van der Waals surface area contributed by atoms with E-state index in [1.807, 2.05) is 9.80 Å². The summed E-state index contributed by atoms with van der Waals surface area (Å²) in [6.45, 7) is 9.00. The third-order valence-corrected chi connectivity index (χ3v) is 7.24. The number of nitrogens with zero attached hydrogens (tertiary/aromatic N) is 5. The molecule has 0 radical (unpaired) electrons. The molecular formula is C24H30FN5O5. The van der Waals surface area contributed by atoms with Crippen LogP contribution in [0.15, 0.2) is 11.5 Å². The van der Waals surface area contributed by atoms with Crippen LogP contribution in [-0.4, -0.2) is 82.9 Å². The van der Waals surface area contributed by atoms with Crippen molar-refractivity contribution >= 4 is 17.8 Å². The van der Waals surface area contributed by atoms with Gasteiger partial charge in [0.05, 0.1) is 37.7 Å². The second-order valence-electron chi connectivity index (χ2n) is 10.9. The number of ether oxygens (including phenoxy) is 3. The first-order valence-electron chi connectivity index (χ1n) is 12.3. The van der Waals surface area contributed by atoms with Crippen LogP contribution in [-0.2, 0) is 16.0 Å². The van der Waals surface area contributed by atoms with Gasteiger partial charge in [0.25, 0.3) is 5.91 Å². The largest absolute Gasteiger partial charge is 0.443 e. The molecule has 6 rings (SSSR count). The van der Waals surface area contributed by atoms with Crippen molar-refractivity contribution in [3.63, 3.8) is 0 Å². The first kappa shape index (κ1) is 22.5. The minimum absolute atomic E-state index is 0.00444. The summed E-state index contributed by atoms with van der Waals surface area (Å²) >= 11 is 0. The molecule has 2 unspecified atom stereocenters. The molecule has 2 amide bonds. The highest BCUT2D eigenvalue weighted by atomic mass is 19.1. The van der Waals surface area contributed by atoms with Gasteiger partial charge in [-0.25, -0.2) is 14.1 Å². The van der Waals surface area contributed by atoms with Gasteiger partial charge in [0.1, 0.15) is 17.0 Å². The summed E-state index contributed by atoms with van der Waals surface area (Å²) in [6, 6.07) is 0.00444. The predicted octanol–water partition coefficient (Wildman–Crippen LogP) is 2.49. The van der Waals surface area contributed by atoms with Gasteiger partial charge in [-0.2, -0.15) is 9.97 Å². The van der Waals surface area contributed by atoms with E-state index in [0.29, 0.717) is 49.7 Å². The Hall–Kier alpha value is -2.95. The minimum Gasteiger partial charge on any atom is -0.443 e. The standard InChI is InChI=1S/C24H30FN5O5/c1-24(2,3)35-23(32)30-10-16-18(21(30)31)20(29-7-13-11-33-12-14(13)8-29)27-22(26-16)34-19-15(25)9-28-6-4-5-17(19)28/h13-15H,4-12H2,1-3H3/t13?,14?,15-/m0/s1. The van der Waals surface area contributed by atoms with Gasteiger partial charge in [0.2, 0.25) is 0 Å². The van der Waals surface area contributed by atoms with E-state index in [1.165, 1.54) is 0 Å². The van der Waals surface area contributed by atoms with Crippen molar-refractivity contribution in [1.29, 1.82) is 0 Å². The molecule has 0 saturated carbocycles. The summed E-state index contributed by atoms with van der Waals surface area (Å²) in [6.07, 6.45) is -0.252. The number of imide groups is 1. The molecule has 35 heavy (non-hydrogen) atoms. The summed E-state index contributed by atoms with van der Waals surface area (Å²) < 4.78 is 31.8. The average Bonchev–Trinajstić information content (AvgIpc) is 3.55. The van der Waals surface area contributed by atoms with Crippen LogP contribution in [0.2, 0.25) is 0 Å². The molecule has 188 valence electrons. The number of amides is 2. The Kier molecular flexibility index (Phi) is 5.17. The third-order valence-electron chi connectivity index (χ3n) is 7.24. The molecule has 1 aromatic rings. The number of halogens is 1. The molecule has 3 atom stereocenters. The minimum atomic E-state index is -1.24. The van der Waals surface area contributed by atoms with Gasteiger partial charge in [-0.3, -0.25) is 4.79 Å². The van der Waals surface area contributed by atoms with E-state index in [4.69, 9.17) is 14.2 Å². The zero-order valence-electron chi connectivity index (χ0n) is 20.3. The van der Waals surface area contributed by atoms with Crippen molar-refractivity contribution in [3.05, 3.63) is 22.7 Å². The molecule has 3 fully saturated rings. The number of aromatic nitrogens is 2. The van der Waals surface area contributed by atoms with Gasteiger partial charge in [-0.1, -0.05) is 0 Å². The number of hydrogen-bond donors (Lipinski definition) is 0. The zero-order chi connectivity index (χ0) is 24.5. The van der Waals surface area contributed by atoms with Crippen molar-refractivity contribution in [2.24, 2.45) is 11.8 Å². The molecule has 0 spiro atoms. The number of alkyl halides is 1. The van der Waals surface area contributed by atoms with Gasteiger partial charge >= 0.3 is 12.1 Å². The molecule has 1 aromatic heterocycles. The number of hydrogen-bond acceptors (Lipinski definition) is 9. The molecule has 0 bridgehead atoms. The van der Waals surface area contributed by atoms with E-state index in [9.17, 15) is 14.0 Å². The molecule has 6 heterocycles. The maximum atomic E-state index is 14.8. The highest BCUT2D eigenvalue weighted by Gasteiger charge is 2.44. The maximum Gasteiger partial charge on any atom is 0.417 e. The smallest absolute Gasteiger partial charge is 0.417 e. The van der Waals surface area contributed by atoms with Gasteiger partial charge in [-0.05, 0) is 33.6 Å². The lowest BCUT2D eigenvalue weighted by atomic mass is 10.0. The van der Waals surface area contributed by atoms with E-state index in [2.05, 4.69) is 9.97 Å². The van der Waals surface area contributed by atoms with E-state index in [0.717, 1.165) is 30.0 Å². The first-order valence-corrected chi connectivity index (χ1v) is 12.3. The molecular weight excluding hydrogens is 457 g/mol. The average molecular weight is 488 g/mol. The van der Waals surface area contributed by atoms with Gasteiger partial charge in [0, 0.05) is 31.5 Å². The lowest BCUT2D eigenvalue weighted by molar-refractivity contribution is 0.0247. The van der Waals surface area contributed by atoms with Crippen molar-refractivity contribution in [3.8, 4) is 6.01 Å². The fourth-order valence-electron chi connectivity index (χ4n) is 5.65. The van der Waals surface area contributed by atoms with Crippen LogP contribution in [0.1, 0.15) is 49.7 Å². The Bertz CT molecular complexity index is 1110. The molecule has 11 heteroatoms. The summed E-state index contributed by atoms with van der Waals surface area (Å²) in [5.41, 5.74) is 0.785. The lowest BCUT2D eigenvalue weighted by Crippen LogP contribution is -2.37.